The molecule has 4 nitrogen and oxygen atoms in total. The first kappa shape index (κ1) is 15.2. The summed E-state index contributed by atoms with van der Waals surface area (Å²) in [5.74, 6) is 0.785. The van der Waals surface area contributed by atoms with E-state index in [1.54, 1.807) is 30.2 Å². The summed E-state index contributed by atoms with van der Waals surface area (Å²) in [6.07, 6.45) is 1.69. The van der Waals surface area contributed by atoms with E-state index in [-0.39, 0.29) is 16.9 Å². The van der Waals surface area contributed by atoms with E-state index in [1.807, 2.05) is 24.3 Å². The summed E-state index contributed by atoms with van der Waals surface area (Å²) in [6, 6.07) is 10.7. The Morgan fingerprint density at radius 2 is 2.05 bits per heavy atom. The number of ether oxygens (including phenoxy) is 1. The summed E-state index contributed by atoms with van der Waals surface area (Å²) in [6.45, 7) is 4.54. The normalized spacial score (nSPS) is 10.2. The van der Waals surface area contributed by atoms with Crippen LogP contribution in [0.15, 0.2) is 53.5 Å². The fraction of sp³-hybridized carbons (Fsp3) is 0.188. The number of rotatable bonds is 6. The van der Waals surface area contributed by atoms with Crippen LogP contribution in [0.1, 0.15) is 16.1 Å². The highest BCUT2D eigenvalue weighted by molar-refractivity contribution is 6.29. The second kappa shape index (κ2) is 6.99. The number of amides is 1. The topological polar surface area (TPSA) is 42.7 Å². The molecule has 1 amide bonds. The SMILES string of the molecule is C=CCOc1ccc(CN(C)C(=O)c2ccc(Cl)o2)cc1. The molecule has 0 bridgehead atoms. The fourth-order valence-electron chi connectivity index (χ4n) is 1.81. The van der Waals surface area contributed by atoms with E-state index in [1.165, 1.54) is 0 Å². The van der Waals surface area contributed by atoms with Crippen molar-refractivity contribution in [3.05, 3.63) is 65.6 Å². The van der Waals surface area contributed by atoms with Crippen LogP contribution in [-0.2, 0) is 6.54 Å². The molecule has 0 spiro atoms. The van der Waals surface area contributed by atoms with Crippen molar-refractivity contribution in [2.75, 3.05) is 13.7 Å². The molecule has 5 heteroatoms. The van der Waals surface area contributed by atoms with Crippen molar-refractivity contribution in [2.45, 2.75) is 6.54 Å². The Kier molecular flexibility index (Phi) is 5.06. The van der Waals surface area contributed by atoms with Gasteiger partial charge in [0, 0.05) is 13.6 Å². The highest BCUT2D eigenvalue weighted by Crippen LogP contribution is 2.17. The average molecular weight is 306 g/mol. The molecule has 2 aromatic rings. The Hall–Kier alpha value is -2.20. The predicted molar refractivity (Wildman–Crippen MR) is 81.6 cm³/mol. The Morgan fingerprint density at radius 3 is 2.62 bits per heavy atom. The number of carbonyl (C=O) groups is 1. The highest BCUT2D eigenvalue weighted by Gasteiger charge is 2.15. The van der Waals surface area contributed by atoms with Gasteiger partial charge in [0.2, 0.25) is 0 Å². The third-order valence-corrected chi connectivity index (χ3v) is 3.04. The Balaban J connectivity index is 1.97. The Bertz CT molecular complexity index is 619. The first-order chi connectivity index (χ1) is 10.1. The van der Waals surface area contributed by atoms with Gasteiger partial charge in [0.15, 0.2) is 11.0 Å². The highest BCUT2D eigenvalue weighted by atomic mass is 35.5. The molecule has 0 aliphatic carbocycles. The molecule has 110 valence electrons. The zero-order chi connectivity index (χ0) is 15.2. The molecule has 1 aromatic heterocycles. The van der Waals surface area contributed by atoms with E-state index in [2.05, 4.69) is 6.58 Å². The van der Waals surface area contributed by atoms with Gasteiger partial charge in [0.1, 0.15) is 12.4 Å². The second-order valence-corrected chi connectivity index (χ2v) is 4.88. The minimum absolute atomic E-state index is 0.204. The van der Waals surface area contributed by atoms with Gasteiger partial charge in [0.05, 0.1) is 0 Å². The molecule has 0 aliphatic heterocycles. The molecule has 0 saturated carbocycles. The summed E-state index contributed by atoms with van der Waals surface area (Å²) in [7, 11) is 1.71. The molecule has 0 aliphatic rings. The largest absolute Gasteiger partial charge is 0.490 e. The van der Waals surface area contributed by atoms with E-state index >= 15 is 0 Å². The third kappa shape index (κ3) is 4.13. The van der Waals surface area contributed by atoms with Crippen LogP contribution in [0.3, 0.4) is 0 Å². The fourth-order valence-corrected chi connectivity index (χ4v) is 1.96. The van der Waals surface area contributed by atoms with E-state index < -0.39 is 0 Å². The summed E-state index contributed by atoms with van der Waals surface area (Å²) >= 11 is 5.67. The maximum absolute atomic E-state index is 12.1. The Labute approximate surface area is 128 Å². The van der Waals surface area contributed by atoms with Gasteiger partial charge >= 0.3 is 0 Å². The minimum Gasteiger partial charge on any atom is -0.490 e. The molecule has 0 fully saturated rings. The molecular formula is C16H16ClNO3. The van der Waals surface area contributed by atoms with Gasteiger partial charge in [-0.3, -0.25) is 4.79 Å². The van der Waals surface area contributed by atoms with Crippen molar-refractivity contribution in [3.8, 4) is 5.75 Å². The summed E-state index contributed by atoms with van der Waals surface area (Å²) in [5.41, 5.74) is 0.995. The lowest BCUT2D eigenvalue weighted by Crippen LogP contribution is -2.25. The van der Waals surface area contributed by atoms with Gasteiger partial charge in [-0.2, -0.15) is 0 Å². The summed E-state index contributed by atoms with van der Waals surface area (Å²) in [4.78, 5) is 13.7. The maximum Gasteiger partial charge on any atom is 0.289 e. The molecule has 21 heavy (non-hydrogen) atoms. The van der Waals surface area contributed by atoms with E-state index in [0.29, 0.717) is 13.2 Å². The summed E-state index contributed by atoms with van der Waals surface area (Å²) < 4.78 is 10.5. The molecule has 1 heterocycles. The van der Waals surface area contributed by atoms with Crippen LogP contribution < -0.4 is 4.74 Å². The zero-order valence-corrected chi connectivity index (χ0v) is 12.5. The van der Waals surface area contributed by atoms with Crippen LogP contribution in [-0.4, -0.2) is 24.5 Å². The zero-order valence-electron chi connectivity index (χ0n) is 11.7. The van der Waals surface area contributed by atoms with Crippen LogP contribution in [0.4, 0.5) is 0 Å². The van der Waals surface area contributed by atoms with Crippen LogP contribution >= 0.6 is 11.6 Å². The molecule has 0 radical (unpaired) electrons. The number of hydrogen-bond acceptors (Lipinski definition) is 3. The molecule has 0 atom stereocenters. The lowest BCUT2D eigenvalue weighted by atomic mass is 10.2. The average Bonchev–Trinajstić information content (AvgIpc) is 2.92. The van der Waals surface area contributed by atoms with E-state index in [0.717, 1.165) is 11.3 Å². The smallest absolute Gasteiger partial charge is 0.289 e. The second-order valence-electron chi connectivity index (χ2n) is 4.51. The lowest BCUT2D eigenvalue weighted by molar-refractivity contribution is 0.0753. The third-order valence-electron chi connectivity index (χ3n) is 2.84. The molecule has 0 N–H and O–H groups in total. The van der Waals surface area contributed by atoms with E-state index in [4.69, 9.17) is 20.8 Å². The van der Waals surface area contributed by atoms with Gasteiger partial charge in [0.25, 0.3) is 5.91 Å². The van der Waals surface area contributed by atoms with Crippen LogP contribution in [0.2, 0.25) is 5.22 Å². The first-order valence-corrected chi connectivity index (χ1v) is 6.81. The van der Waals surface area contributed by atoms with Crippen LogP contribution in [0, 0.1) is 0 Å². The van der Waals surface area contributed by atoms with Gasteiger partial charge < -0.3 is 14.1 Å². The van der Waals surface area contributed by atoms with Crippen molar-refractivity contribution in [1.82, 2.24) is 4.90 Å². The number of hydrogen-bond donors (Lipinski definition) is 0. The maximum atomic E-state index is 12.1. The predicted octanol–water partition coefficient (Wildman–Crippen LogP) is 3.77. The number of furan rings is 1. The van der Waals surface area contributed by atoms with Crippen LogP contribution in [0.25, 0.3) is 0 Å². The minimum atomic E-state index is -0.214. The quantitative estimate of drug-likeness (QED) is 0.763. The summed E-state index contributed by atoms with van der Waals surface area (Å²) in [5, 5.41) is 0.204. The van der Waals surface area contributed by atoms with Crippen molar-refractivity contribution in [2.24, 2.45) is 0 Å². The van der Waals surface area contributed by atoms with Gasteiger partial charge in [-0.05, 0) is 41.4 Å². The molecule has 1 aromatic carbocycles. The van der Waals surface area contributed by atoms with Crippen LogP contribution in [0.5, 0.6) is 5.75 Å². The van der Waals surface area contributed by atoms with E-state index in [9.17, 15) is 4.79 Å². The van der Waals surface area contributed by atoms with Crippen molar-refractivity contribution in [3.63, 3.8) is 0 Å². The monoisotopic (exact) mass is 305 g/mol. The lowest BCUT2D eigenvalue weighted by Gasteiger charge is -2.16. The molecule has 0 saturated heterocycles. The number of carbonyl (C=O) groups excluding carboxylic acids is 1. The van der Waals surface area contributed by atoms with Gasteiger partial charge in [-0.1, -0.05) is 24.8 Å². The van der Waals surface area contributed by atoms with Crippen molar-refractivity contribution >= 4 is 17.5 Å². The van der Waals surface area contributed by atoms with Crippen molar-refractivity contribution in [1.29, 1.82) is 0 Å². The number of halogens is 1. The molecular weight excluding hydrogens is 290 g/mol. The van der Waals surface area contributed by atoms with Gasteiger partial charge in [-0.15, -0.1) is 0 Å². The number of benzene rings is 1. The number of nitrogens with zero attached hydrogens (tertiary/aromatic N) is 1. The standard InChI is InChI=1S/C16H16ClNO3/c1-3-10-20-13-6-4-12(5-7-13)11-18(2)16(19)14-8-9-15(17)21-14/h3-9H,1,10-11H2,2H3. The molecule has 2 rings (SSSR count). The Morgan fingerprint density at radius 1 is 1.33 bits per heavy atom. The first-order valence-electron chi connectivity index (χ1n) is 6.43. The molecule has 0 unspecified atom stereocenters. The van der Waals surface area contributed by atoms with Gasteiger partial charge in [-0.25, -0.2) is 0 Å². The van der Waals surface area contributed by atoms with Crippen molar-refractivity contribution < 1.29 is 13.9 Å².